The first-order valence-corrected chi connectivity index (χ1v) is 5.48. The van der Waals surface area contributed by atoms with E-state index in [0.717, 1.165) is 16.8 Å². The topological polar surface area (TPSA) is 21.3 Å². The predicted molar refractivity (Wildman–Crippen MR) is 63.0 cm³/mol. The van der Waals surface area contributed by atoms with Gasteiger partial charge in [0.05, 0.1) is 0 Å². The highest BCUT2D eigenvalue weighted by Gasteiger charge is 2.04. The van der Waals surface area contributed by atoms with E-state index in [0.29, 0.717) is 6.61 Å². The van der Waals surface area contributed by atoms with Crippen molar-refractivity contribution in [1.29, 1.82) is 0 Å². The number of aryl methyl sites for hydroxylation is 2. The van der Waals surface area contributed by atoms with Gasteiger partial charge in [0.1, 0.15) is 12.4 Å². The van der Waals surface area contributed by atoms with Crippen molar-refractivity contribution < 1.29 is 4.74 Å². The van der Waals surface area contributed by atoms with Crippen LogP contribution >= 0.6 is 15.9 Å². The summed E-state index contributed by atoms with van der Waals surface area (Å²) in [6.07, 6.45) is 0. The fourth-order valence-electron chi connectivity index (χ4n) is 1.38. The minimum atomic E-state index is 0.708. The Labute approximate surface area is 93.8 Å². The van der Waals surface area contributed by atoms with Crippen LogP contribution in [0.1, 0.15) is 11.1 Å². The largest absolute Gasteiger partial charge is 0.492 e. The van der Waals surface area contributed by atoms with Gasteiger partial charge in [-0.1, -0.05) is 15.9 Å². The summed E-state index contributed by atoms with van der Waals surface area (Å²) in [5, 5.41) is 3.05. The van der Waals surface area contributed by atoms with Crippen molar-refractivity contribution in [3.8, 4) is 5.75 Å². The summed E-state index contributed by atoms with van der Waals surface area (Å²) in [5.41, 5.74) is 2.35. The first-order chi connectivity index (χ1) is 6.65. The van der Waals surface area contributed by atoms with Crippen LogP contribution in [-0.4, -0.2) is 20.2 Å². The molecule has 14 heavy (non-hydrogen) atoms. The fraction of sp³-hybridized carbons (Fsp3) is 0.455. The normalized spacial score (nSPS) is 10.3. The van der Waals surface area contributed by atoms with Gasteiger partial charge in [-0.05, 0) is 44.2 Å². The van der Waals surface area contributed by atoms with Crippen LogP contribution in [0, 0.1) is 13.8 Å². The number of hydrogen-bond donors (Lipinski definition) is 1. The molecule has 0 aliphatic heterocycles. The Balaban J connectivity index is 2.75. The summed E-state index contributed by atoms with van der Waals surface area (Å²) in [7, 11) is 1.92. The summed E-state index contributed by atoms with van der Waals surface area (Å²) >= 11 is 3.46. The lowest BCUT2D eigenvalue weighted by Crippen LogP contribution is -2.16. The lowest BCUT2D eigenvalue weighted by molar-refractivity contribution is 0.314. The Morgan fingerprint density at radius 2 is 1.86 bits per heavy atom. The highest BCUT2D eigenvalue weighted by atomic mass is 79.9. The standard InChI is InChI=1S/C11H16BrNO/c1-8-6-10(12)7-9(2)11(8)14-5-4-13-3/h6-7,13H,4-5H2,1-3H3. The molecule has 0 amide bonds. The second-order valence-corrected chi connectivity index (χ2v) is 4.24. The lowest BCUT2D eigenvalue weighted by Gasteiger charge is -2.12. The van der Waals surface area contributed by atoms with Crippen LogP contribution in [0.25, 0.3) is 0 Å². The maximum Gasteiger partial charge on any atom is 0.125 e. The molecule has 0 unspecified atom stereocenters. The maximum atomic E-state index is 5.68. The second kappa shape index (κ2) is 5.37. The van der Waals surface area contributed by atoms with Gasteiger partial charge in [0, 0.05) is 11.0 Å². The van der Waals surface area contributed by atoms with E-state index in [1.807, 2.05) is 7.05 Å². The van der Waals surface area contributed by atoms with E-state index in [9.17, 15) is 0 Å². The summed E-state index contributed by atoms with van der Waals surface area (Å²) in [4.78, 5) is 0. The molecule has 0 spiro atoms. The van der Waals surface area contributed by atoms with Gasteiger partial charge in [-0.2, -0.15) is 0 Å². The molecule has 1 N–H and O–H groups in total. The summed E-state index contributed by atoms with van der Waals surface area (Å²) in [5.74, 6) is 1.00. The number of ether oxygens (including phenoxy) is 1. The SMILES string of the molecule is CNCCOc1c(C)cc(Br)cc1C. The van der Waals surface area contributed by atoms with E-state index in [1.165, 1.54) is 11.1 Å². The Morgan fingerprint density at radius 3 is 2.36 bits per heavy atom. The number of nitrogens with one attached hydrogen (secondary N) is 1. The molecule has 1 rings (SSSR count). The molecule has 1 aromatic carbocycles. The Hall–Kier alpha value is -0.540. The van der Waals surface area contributed by atoms with Crippen LogP contribution in [0.4, 0.5) is 0 Å². The van der Waals surface area contributed by atoms with Crippen LogP contribution in [0.5, 0.6) is 5.75 Å². The third kappa shape index (κ3) is 3.00. The van der Waals surface area contributed by atoms with E-state index < -0.39 is 0 Å². The second-order valence-electron chi connectivity index (χ2n) is 3.32. The Morgan fingerprint density at radius 1 is 1.29 bits per heavy atom. The van der Waals surface area contributed by atoms with Crippen molar-refractivity contribution in [2.24, 2.45) is 0 Å². The number of likely N-dealkylation sites (N-methyl/N-ethyl adjacent to an activating group) is 1. The third-order valence-corrected chi connectivity index (χ3v) is 2.48. The molecule has 0 aliphatic rings. The maximum absolute atomic E-state index is 5.68. The molecule has 0 fully saturated rings. The number of halogens is 1. The van der Waals surface area contributed by atoms with E-state index in [4.69, 9.17) is 4.74 Å². The van der Waals surface area contributed by atoms with Gasteiger partial charge < -0.3 is 10.1 Å². The smallest absolute Gasteiger partial charge is 0.125 e. The zero-order valence-electron chi connectivity index (χ0n) is 8.86. The highest BCUT2D eigenvalue weighted by Crippen LogP contribution is 2.26. The number of hydrogen-bond acceptors (Lipinski definition) is 2. The molecule has 0 bridgehead atoms. The monoisotopic (exact) mass is 257 g/mol. The van der Waals surface area contributed by atoms with Gasteiger partial charge in [0.15, 0.2) is 0 Å². The molecule has 2 nitrogen and oxygen atoms in total. The van der Waals surface area contributed by atoms with Crippen molar-refractivity contribution in [3.63, 3.8) is 0 Å². The molecule has 1 aromatic rings. The minimum absolute atomic E-state index is 0.708. The van der Waals surface area contributed by atoms with Gasteiger partial charge in [0.25, 0.3) is 0 Å². The van der Waals surface area contributed by atoms with Crippen LogP contribution in [-0.2, 0) is 0 Å². The van der Waals surface area contributed by atoms with E-state index in [2.05, 4.69) is 47.2 Å². The lowest BCUT2D eigenvalue weighted by atomic mass is 10.1. The average Bonchev–Trinajstić information content (AvgIpc) is 2.09. The number of benzene rings is 1. The van der Waals surface area contributed by atoms with Crippen molar-refractivity contribution in [2.45, 2.75) is 13.8 Å². The van der Waals surface area contributed by atoms with Gasteiger partial charge in [-0.3, -0.25) is 0 Å². The Bertz CT molecular complexity index is 289. The molecule has 0 saturated carbocycles. The average molecular weight is 258 g/mol. The summed E-state index contributed by atoms with van der Waals surface area (Å²) in [6, 6.07) is 4.14. The molecular formula is C11H16BrNO. The van der Waals surface area contributed by atoms with Gasteiger partial charge in [-0.15, -0.1) is 0 Å². The molecule has 0 radical (unpaired) electrons. The molecule has 0 atom stereocenters. The van der Waals surface area contributed by atoms with Crippen molar-refractivity contribution in [3.05, 3.63) is 27.7 Å². The van der Waals surface area contributed by atoms with Gasteiger partial charge in [-0.25, -0.2) is 0 Å². The van der Waals surface area contributed by atoms with Crippen molar-refractivity contribution >= 4 is 15.9 Å². The number of rotatable bonds is 4. The van der Waals surface area contributed by atoms with Crippen molar-refractivity contribution in [2.75, 3.05) is 20.2 Å². The summed E-state index contributed by atoms with van der Waals surface area (Å²) < 4.78 is 6.78. The van der Waals surface area contributed by atoms with Gasteiger partial charge >= 0.3 is 0 Å². The highest BCUT2D eigenvalue weighted by molar-refractivity contribution is 9.10. The van der Waals surface area contributed by atoms with E-state index >= 15 is 0 Å². The third-order valence-electron chi connectivity index (χ3n) is 2.02. The minimum Gasteiger partial charge on any atom is -0.492 e. The summed E-state index contributed by atoms with van der Waals surface area (Å²) in [6.45, 7) is 5.70. The molecule has 78 valence electrons. The van der Waals surface area contributed by atoms with Crippen LogP contribution < -0.4 is 10.1 Å². The molecule has 0 aromatic heterocycles. The first kappa shape index (κ1) is 11.5. The van der Waals surface area contributed by atoms with E-state index in [1.54, 1.807) is 0 Å². The first-order valence-electron chi connectivity index (χ1n) is 4.69. The quantitative estimate of drug-likeness (QED) is 0.838. The molecular weight excluding hydrogens is 242 g/mol. The zero-order valence-corrected chi connectivity index (χ0v) is 10.4. The predicted octanol–water partition coefficient (Wildman–Crippen LogP) is 2.66. The fourth-order valence-corrected chi connectivity index (χ4v) is 2.07. The van der Waals surface area contributed by atoms with Crippen molar-refractivity contribution in [1.82, 2.24) is 5.32 Å². The zero-order chi connectivity index (χ0) is 10.6. The van der Waals surface area contributed by atoms with Crippen LogP contribution in [0.3, 0.4) is 0 Å². The van der Waals surface area contributed by atoms with E-state index in [-0.39, 0.29) is 0 Å². The molecule has 0 heterocycles. The van der Waals surface area contributed by atoms with Gasteiger partial charge in [0.2, 0.25) is 0 Å². The van der Waals surface area contributed by atoms with Crippen LogP contribution in [0.15, 0.2) is 16.6 Å². The molecule has 0 aliphatic carbocycles. The van der Waals surface area contributed by atoms with Crippen LogP contribution in [0.2, 0.25) is 0 Å². The molecule has 3 heteroatoms. The molecule has 0 saturated heterocycles. The Kier molecular flexibility index (Phi) is 4.42.